The Labute approximate surface area is 140 Å². The van der Waals surface area contributed by atoms with Crippen molar-refractivity contribution in [2.45, 2.75) is 13.3 Å². The molecule has 0 bridgehead atoms. The molecule has 6 nitrogen and oxygen atoms in total. The van der Waals surface area contributed by atoms with E-state index in [2.05, 4.69) is 50.9 Å². The lowest BCUT2D eigenvalue weighted by molar-refractivity contribution is 0.982. The molecular formula is C18H16N6. The van der Waals surface area contributed by atoms with Crippen molar-refractivity contribution in [1.82, 2.24) is 15.2 Å². The molecule has 3 aromatic rings. The van der Waals surface area contributed by atoms with E-state index in [-0.39, 0.29) is 0 Å². The predicted octanol–water partition coefficient (Wildman–Crippen LogP) is 3.79. The number of benzene rings is 2. The first kappa shape index (κ1) is 15.4. The van der Waals surface area contributed by atoms with Gasteiger partial charge >= 0.3 is 0 Å². The van der Waals surface area contributed by atoms with Gasteiger partial charge in [0, 0.05) is 11.4 Å². The molecule has 24 heavy (non-hydrogen) atoms. The lowest BCUT2D eigenvalue weighted by Crippen LogP contribution is -2.02. The summed E-state index contributed by atoms with van der Waals surface area (Å²) in [6.45, 7) is 2.12. The number of nitriles is 1. The van der Waals surface area contributed by atoms with Gasteiger partial charge in [-0.1, -0.05) is 25.1 Å². The Hall–Kier alpha value is -3.46. The van der Waals surface area contributed by atoms with Gasteiger partial charge < -0.3 is 10.6 Å². The first-order valence-corrected chi connectivity index (χ1v) is 7.59. The molecule has 0 amide bonds. The van der Waals surface area contributed by atoms with Crippen LogP contribution < -0.4 is 10.6 Å². The van der Waals surface area contributed by atoms with E-state index >= 15 is 0 Å². The number of anilines is 4. The van der Waals surface area contributed by atoms with Gasteiger partial charge in [0.25, 0.3) is 0 Å². The quantitative estimate of drug-likeness (QED) is 0.744. The molecule has 0 aliphatic carbocycles. The lowest BCUT2D eigenvalue weighted by atomic mass is 10.1. The highest BCUT2D eigenvalue weighted by Gasteiger charge is 2.03. The van der Waals surface area contributed by atoms with E-state index in [1.807, 2.05) is 18.2 Å². The zero-order valence-corrected chi connectivity index (χ0v) is 13.2. The summed E-state index contributed by atoms with van der Waals surface area (Å²) < 4.78 is 0. The lowest BCUT2D eigenvalue weighted by Gasteiger charge is -2.08. The van der Waals surface area contributed by atoms with Gasteiger partial charge in [-0.15, -0.1) is 5.10 Å². The van der Waals surface area contributed by atoms with Crippen LogP contribution in [0.4, 0.5) is 23.1 Å². The van der Waals surface area contributed by atoms with Crippen LogP contribution in [0.2, 0.25) is 0 Å². The minimum Gasteiger partial charge on any atom is -0.339 e. The fourth-order valence-electron chi connectivity index (χ4n) is 2.18. The average molecular weight is 316 g/mol. The Kier molecular flexibility index (Phi) is 4.63. The SMILES string of the molecule is CCc1ccc(Nc2cnnc(Nc3cccc(C#N)c3)n2)cc1. The minimum absolute atomic E-state index is 0.361. The van der Waals surface area contributed by atoms with Gasteiger partial charge in [-0.25, -0.2) is 0 Å². The molecular weight excluding hydrogens is 300 g/mol. The normalized spacial score (nSPS) is 10.0. The van der Waals surface area contributed by atoms with E-state index < -0.39 is 0 Å². The number of nitrogens with zero attached hydrogens (tertiary/aromatic N) is 4. The Morgan fingerprint density at radius 3 is 2.62 bits per heavy atom. The first-order chi connectivity index (χ1) is 11.8. The average Bonchev–Trinajstić information content (AvgIpc) is 2.63. The highest BCUT2D eigenvalue weighted by atomic mass is 15.3. The molecule has 1 aromatic heterocycles. The Morgan fingerprint density at radius 2 is 1.88 bits per heavy atom. The fraction of sp³-hybridized carbons (Fsp3) is 0.111. The molecule has 0 saturated carbocycles. The second-order valence-corrected chi connectivity index (χ2v) is 5.16. The van der Waals surface area contributed by atoms with E-state index in [9.17, 15) is 0 Å². The number of hydrogen-bond donors (Lipinski definition) is 2. The minimum atomic E-state index is 0.361. The maximum Gasteiger partial charge on any atom is 0.249 e. The smallest absolute Gasteiger partial charge is 0.249 e. The number of aromatic nitrogens is 3. The van der Waals surface area contributed by atoms with E-state index in [1.54, 1.807) is 24.4 Å². The molecule has 3 rings (SSSR count). The maximum atomic E-state index is 8.94. The third-order valence-electron chi connectivity index (χ3n) is 3.44. The molecule has 6 heteroatoms. The van der Waals surface area contributed by atoms with Gasteiger partial charge in [-0.05, 0) is 42.3 Å². The summed E-state index contributed by atoms with van der Waals surface area (Å²) in [6, 6.07) is 17.4. The molecule has 0 aliphatic heterocycles. The molecule has 118 valence electrons. The second kappa shape index (κ2) is 7.20. The molecule has 0 radical (unpaired) electrons. The maximum absolute atomic E-state index is 8.94. The van der Waals surface area contributed by atoms with Crippen molar-refractivity contribution in [1.29, 1.82) is 5.26 Å². The summed E-state index contributed by atoms with van der Waals surface area (Å²) in [5.74, 6) is 0.952. The van der Waals surface area contributed by atoms with Crippen molar-refractivity contribution in [3.05, 3.63) is 65.9 Å². The largest absolute Gasteiger partial charge is 0.339 e. The molecule has 0 saturated heterocycles. The van der Waals surface area contributed by atoms with Gasteiger partial charge in [0.1, 0.15) is 0 Å². The number of rotatable bonds is 5. The molecule has 2 aromatic carbocycles. The molecule has 0 aliphatic rings. The van der Waals surface area contributed by atoms with Crippen molar-refractivity contribution in [3.63, 3.8) is 0 Å². The first-order valence-electron chi connectivity index (χ1n) is 7.59. The van der Waals surface area contributed by atoms with E-state index in [4.69, 9.17) is 5.26 Å². The Morgan fingerprint density at radius 1 is 1.04 bits per heavy atom. The Bertz CT molecular complexity index is 867. The third-order valence-corrected chi connectivity index (χ3v) is 3.44. The van der Waals surface area contributed by atoms with Crippen molar-refractivity contribution >= 4 is 23.1 Å². The summed E-state index contributed by atoms with van der Waals surface area (Å²) in [5, 5.41) is 23.1. The number of aryl methyl sites for hydroxylation is 1. The third kappa shape index (κ3) is 3.84. The van der Waals surface area contributed by atoms with Crippen LogP contribution in [0.25, 0.3) is 0 Å². The van der Waals surface area contributed by atoms with E-state index in [0.29, 0.717) is 17.3 Å². The van der Waals surface area contributed by atoms with Gasteiger partial charge in [0.15, 0.2) is 5.82 Å². The standard InChI is InChI=1S/C18H16N6/c1-2-13-6-8-15(9-7-13)21-17-12-20-24-18(23-17)22-16-5-3-4-14(10-16)11-19/h3-10,12H,2H2,1H3,(H2,21,22,23,24). The van der Waals surface area contributed by atoms with Gasteiger partial charge in [-0.2, -0.15) is 15.3 Å². The van der Waals surface area contributed by atoms with Crippen LogP contribution in [0, 0.1) is 11.3 Å². The van der Waals surface area contributed by atoms with Gasteiger partial charge in [0.05, 0.1) is 17.8 Å². The summed E-state index contributed by atoms with van der Waals surface area (Å²) in [7, 11) is 0. The van der Waals surface area contributed by atoms with E-state index in [0.717, 1.165) is 17.8 Å². The van der Waals surface area contributed by atoms with Gasteiger partial charge in [0.2, 0.25) is 5.95 Å². The zero-order chi connectivity index (χ0) is 16.8. The zero-order valence-electron chi connectivity index (χ0n) is 13.2. The highest BCUT2D eigenvalue weighted by molar-refractivity contribution is 5.59. The van der Waals surface area contributed by atoms with Crippen molar-refractivity contribution < 1.29 is 0 Å². The summed E-state index contributed by atoms with van der Waals surface area (Å²) in [6.07, 6.45) is 2.57. The van der Waals surface area contributed by atoms with E-state index in [1.165, 1.54) is 5.56 Å². The van der Waals surface area contributed by atoms with Crippen LogP contribution >= 0.6 is 0 Å². The van der Waals surface area contributed by atoms with Crippen LogP contribution in [-0.2, 0) is 6.42 Å². The monoisotopic (exact) mass is 316 g/mol. The molecule has 0 spiro atoms. The number of nitrogens with one attached hydrogen (secondary N) is 2. The molecule has 1 heterocycles. The summed E-state index contributed by atoms with van der Waals surface area (Å²) in [5.41, 5.74) is 3.52. The number of hydrogen-bond acceptors (Lipinski definition) is 6. The fourth-order valence-corrected chi connectivity index (χ4v) is 2.18. The molecule has 2 N–H and O–H groups in total. The van der Waals surface area contributed by atoms with Crippen LogP contribution in [0.1, 0.15) is 18.1 Å². The molecule has 0 atom stereocenters. The summed E-state index contributed by atoms with van der Waals surface area (Å²) in [4.78, 5) is 4.38. The predicted molar refractivity (Wildman–Crippen MR) is 93.4 cm³/mol. The van der Waals surface area contributed by atoms with Crippen LogP contribution in [0.3, 0.4) is 0 Å². The van der Waals surface area contributed by atoms with Crippen molar-refractivity contribution in [3.8, 4) is 6.07 Å². The molecule has 0 unspecified atom stereocenters. The van der Waals surface area contributed by atoms with Crippen LogP contribution in [0.15, 0.2) is 54.7 Å². The van der Waals surface area contributed by atoms with Crippen molar-refractivity contribution in [2.75, 3.05) is 10.6 Å². The van der Waals surface area contributed by atoms with Crippen molar-refractivity contribution in [2.24, 2.45) is 0 Å². The van der Waals surface area contributed by atoms with Crippen LogP contribution in [0.5, 0.6) is 0 Å². The topological polar surface area (TPSA) is 86.5 Å². The Balaban J connectivity index is 1.74. The van der Waals surface area contributed by atoms with Crippen LogP contribution in [-0.4, -0.2) is 15.2 Å². The highest BCUT2D eigenvalue weighted by Crippen LogP contribution is 2.18. The van der Waals surface area contributed by atoms with Gasteiger partial charge in [-0.3, -0.25) is 0 Å². The second-order valence-electron chi connectivity index (χ2n) is 5.16. The summed E-state index contributed by atoms with van der Waals surface area (Å²) >= 11 is 0. The molecule has 0 fully saturated rings.